The van der Waals surface area contributed by atoms with E-state index in [4.69, 9.17) is 4.42 Å². The average Bonchev–Trinajstić information content (AvgIpc) is 3.66. The number of rotatable bonds is 6. The Hall–Kier alpha value is -7.42. The lowest BCUT2D eigenvalue weighted by atomic mass is 9.94. The Kier molecular flexibility index (Phi) is 7.53. The molecule has 0 saturated heterocycles. The summed E-state index contributed by atoms with van der Waals surface area (Å²) in [5.41, 5.74) is 12.0. The largest absolute Gasteiger partial charge is 0.455 e. The lowest BCUT2D eigenvalue weighted by Gasteiger charge is -2.26. The van der Waals surface area contributed by atoms with Crippen LogP contribution in [0.2, 0.25) is 0 Å². The molecule has 0 aliphatic heterocycles. The van der Waals surface area contributed by atoms with Crippen LogP contribution in [0.4, 0.5) is 17.1 Å². The van der Waals surface area contributed by atoms with E-state index in [1.807, 2.05) is 12.1 Å². The predicted molar refractivity (Wildman–Crippen MR) is 237 cm³/mol. The molecule has 10 aromatic carbocycles. The van der Waals surface area contributed by atoms with E-state index < -0.39 is 0 Å². The van der Waals surface area contributed by atoms with Crippen molar-refractivity contribution in [2.24, 2.45) is 0 Å². The van der Waals surface area contributed by atoms with Crippen LogP contribution in [0.15, 0.2) is 217 Å². The molecule has 11 aromatic rings. The van der Waals surface area contributed by atoms with Crippen LogP contribution in [0.25, 0.3) is 87.6 Å². The molecule has 0 aliphatic rings. The molecule has 11 rings (SSSR count). The van der Waals surface area contributed by atoms with E-state index in [1.165, 1.54) is 54.6 Å². The number of hydrogen-bond donors (Lipinski definition) is 0. The standard InChI is InChI=1S/C54H35NO/c1-2-10-36(11-3-1)37-24-29-44(30-25-37)55(46-14-8-13-42(35-46)49-17-9-18-51-50-16-6-7-19-52(50)56-54(49)51)45-31-26-38(27-32-45)41-28-33-48-43(34-41)23-22-40-21-20-39-12-4-5-15-47(39)53(40)48/h1-35H. The number of furan rings is 1. The number of nitrogens with zero attached hydrogens (tertiary/aromatic N) is 1. The molecule has 0 atom stereocenters. The molecular weight excluding hydrogens is 679 g/mol. The highest BCUT2D eigenvalue weighted by molar-refractivity contribution is 6.20. The van der Waals surface area contributed by atoms with Gasteiger partial charge in [0.25, 0.3) is 0 Å². The summed E-state index contributed by atoms with van der Waals surface area (Å²) in [4.78, 5) is 2.35. The smallest absolute Gasteiger partial charge is 0.143 e. The van der Waals surface area contributed by atoms with Gasteiger partial charge in [0.05, 0.1) is 0 Å². The zero-order valence-corrected chi connectivity index (χ0v) is 30.6. The first-order chi connectivity index (χ1) is 27.7. The summed E-state index contributed by atoms with van der Waals surface area (Å²) in [6, 6.07) is 76.4. The van der Waals surface area contributed by atoms with Crippen molar-refractivity contribution in [1.82, 2.24) is 0 Å². The van der Waals surface area contributed by atoms with Gasteiger partial charge in [0.1, 0.15) is 11.2 Å². The number of hydrogen-bond acceptors (Lipinski definition) is 2. The molecule has 2 nitrogen and oxygen atoms in total. The van der Waals surface area contributed by atoms with Gasteiger partial charge in [0, 0.05) is 33.4 Å². The lowest BCUT2D eigenvalue weighted by Crippen LogP contribution is -2.10. The zero-order chi connectivity index (χ0) is 37.0. The fourth-order valence-corrected chi connectivity index (χ4v) is 8.49. The van der Waals surface area contributed by atoms with E-state index in [0.29, 0.717) is 0 Å². The van der Waals surface area contributed by atoms with Gasteiger partial charge in [-0.25, -0.2) is 0 Å². The summed E-state index contributed by atoms with van der Waals surface area (Å²) < 4.78 is 6.47. The second-order valence-corrected chi connectivity index (χ2v) is 14.5. The quantitative estimate of drug-likeness (QED) is 0.160. The van der Waals surface area contributed by atoms with E-state index in [1.54, 1.807) is 0 Å². The van der Waals surface area contributed by atoms with Crippen molar-refractivity contribution in [3.8, 4) is 33.4 Å². The third-order valence-electron chi connectivity index (χ3n) is 11.2. The first-order valence-electron chi connectivity index (χ1n) is 19.2. The van der Waals surface area contributed by atoms with Gasteiger partial charge in [-0.3, -0.25) is 0 Å². The Morgan fingerprint density at radius 1 is 0.304 bits per heavy atom. The van der Waals surface area contributed by atoms with Crippen molar-refractivity contribution in [3.63, 3.8) is 0 Å². The highest BCUT2D eigenvalue weighted by atomic mass is 16.3. The van der Waals surface area contributed by atoms with Gasteiger partial charge in [-0.05, 0) is 109 Å². The minimum atomic E-state index is 0.902. The van der Waals surface area contributed by atoms with Crippen LogP contribution in [0.5, 0.6) is 0 Å². The monoisotopic (exact) mass is 713 g/mol. The van der Waals surface area contributed by atoms with Crippen LogP contribution < -0.4 is 4.90 Å². The minimum Gasteiger partial charge on any atom is -0.455 e. The Morgan fingerprint density at radius 3 is 1.68 bits per heavy atom. The maximum absolute atomic E-state index is 6.47. The zero-order valence-electron chi connectivity index (χ0n) is 30.6. The van der Waals surface area contributed by atoms with Crippen molar-refractivity contribution in [1.29, 1.82) is 0 Å². The molecule has 262 valence electrons. The molecule has 0 aliphatic carbocycles. The highest BCUT2D eigenvalue weighted by Gasteiger charge is 2.17. The molecule has 0 spiro atoms. The summed E-state index contributed by atoms with van der Waals surface area (Å²) in [7, 11) is 0. The van der Waals surface area contributed by atoms with Crippen molar-refractivity contribution in [2.45, 2.75) is 0 Å². The fraction of sp³-hybridized carbons (Fsp3) is 0. The first-order valence-corrected chi connectivity index (χ1v) is 19.2. The molecular formula is C54H35NO. The van der Waals surface area contributed by atoms with Gasteiger partial charge in [-0.15, -0.1) is 0 Å². The Balaban J connectivity index is 1.01. The van der Waals surface area contributed by atoms with Crippen LogP contribution >= 0.6 is 0 Å². The van der Waals surface area contributed by atoms with Gasteiger partial charge in [-0.1, -0.05) is 164 Å². The highest BCUT2D eigenvalue weighted by Crippen LogP contribution is 2.41. The summed E-state index contributed by atoms with van der Waals surface area (Å²) in [6.45, 7) is 0. The van der Waals surface area contributed by atoms with Crippen LogP contribution in [-0.2, 0) is 0 Å². The topological polar surface area (TPSA) is 16.4 Å². The fourth-order valence-electron chi connectivity index (χ4n) is 8.49. The van der Waals surface area contributed by atoms with Crippen LogP contribution in [0.1, 0.15) is 0 Å². The SMILES string of the molecule is c1ccc(-c2ccc(N(c3ccc(-c4ccc5c(ccc6ccc7ccccc7c65)c4)cc3)c3cccc(-c4cccc5c4oc4ccccc45)c3)cc2)cc1. The molecule has 0 amide bonds. The Labute approximate surface area is 325 Å². The third kappa shape index (κ3) is 5.42. The first kappa shape index (κ1) is 32.0. The molecule has 1 heterocycles. The van der Waals surface area contributed by atoms with Gasteiger partial charge in [0.15, 0.2) is 0 Å². The van der Waals surface area contributed by atoms with Crippen molar-refractivity contribution in [3.05, 3.63) is 212 Å². The van der Waals surface area contributed by atoms with Crippen molar-refractivity contribution >= 4 is 71.3 Å². The predicted octanol–water partition coefficient (Wildman–Crippen LogP) is 15.5. The number of anilines is 3. The number of para-hydroxylation sites is 2. The van der Waals surface area contributed by atoms with Gasteiger partial charge in [0.2, 0.25) is 0 Å². The van der Waals surface area contributed by atoms with Crippen LogP contribution in [0, 0.1) is 0 Å². The van der Waals surface area contributed by atoms with E-state index in [-0.39, 0.29) is 0 Å². The van der Waals surface area contributed by atoms with Crippen LogP contribution in [-0.4, -0.2) is 0 Å². The van der Waals surface area contributed by atoms with E-state index in [0.717, 1.165) is 50.1 Å². The van der Waals surface area contributed by atoms with Crippen molar-refractivity contribution < 1.29 is 4.42 Å². The molecule has 2 heteroatoms. The van der Waals surface area contributed by atoms with Gasteiger partial charge >= 0.3 is 0 Å². The lowest BCUT2D eigenvalue weighted by molar-refractivity contribution is 0.670. The minimum absolute atomic E-state index is 0.902. The van der Waals surface area contributed by atoms with E-state index in [9.17, 15) is 0 Å². The molecule has 0 unspecified atom stereocenters. The molecule has 1 aromatic heterocycles. The normalized spacial score (nSPS) is 11.6. The van der Waals surface area contributed by atoms with Crippen molar-refractivity contribution in [2.75, 3.05) is 4.90 Å². The second-order valence-electron chi connectivity index (χ2n) is 14.5. The van der Waals surface area contributed by atoms with E-state index in [2.05, 4.69) is 205 Å². The second kappa shape index (κ2) is 13.2. The Bertz CT molecular complexity index is 3230. The molecule has 0 bridgehead atoms. The average molecular weight is 714 g/mol. The third-order valence-corrected chi connectivity index (χ3v) is 11.2. The van der Waals surface area contributed by atoms with Gasteiger partial charge in [-0.2, -0.15) is 0 Å². The summed E-state index contributed by atoms with van der Waals surface area (Å²) in [5, 5.41) is 9.93. The summed E-state index contributed by atoms with van der Waals surface area (Å²) in [5.74, 6) is 0. The summed E-state index contributed by atoms with van der Waals surface area (Å²) in [6.07, 6.45) is 0. The molecule has 0 fully saturated rings. The van der Waals surface area contributed by atoms with Crippen LogP contribution in [0.3, 0.4) is 0 Å². The number of benzene rings is 10. The Morgan fingerprint density at radius 2 is 0.875 bits per heavy atom. The molecule has 0 N–H and O–H groups in total. The maximum Gasteiger partial charge on any atom is 0.143 e. The maximum atomic E-state index is 6.47. The number of fused-ring (bicyclic) bond motifs is 8. The summed E-state index contributed by atoms with van der Waals surface area (Å²) >= 11 is 0. The van der Waals surface area contributed by atoms with E-state index >= 15 is 0 Å². The van der Waals surface area contributed by atoms with Gasteiger partial charge < -0.3 is 9.32 Å². The molecule has 0 radical (unpaired) electrons. The molecule has 0 saturated carbocycles. The molecule has 56 heavy (non-hydrogen) atoms.